The predicted octanol–water partition coefficient (Wildman–Crippen LogP) is 3.93. The molecule has 0 radical (unpaired) electrons. The van der Waals surface area contributed by atoms with Crippen LogP contribution in [0.1, 0.15) is 28.5 Å². The molecule has 7 heteroatoms. The highest BCUT2D eigenvalue weighted by atomic mass is 16.5. The molecule has 1 fully saturated rings. The molecule has 3 aromatic rings. The smallest absolute Gasteiger partial charge is 0.301 e. The van der Waals surface area contributed by atoms with Gasteiger partial charge >= 0.3 is 5.91 Å². The number of anilines is 1. The maximum atomic E-state index is 13.0. The molecule has 1 aliphatic heterocycles. The highest BCUT2D eigenvalue weighted by Gasteiger charge is 2.48. The van der Waals surface area contributed by atoms with E-state index in [0.29, 0.717) is 22.6 Å². The molecule has 1 aliphatic rings. The van der Waals surface area contributed by atoms with Crippen molar-refractivity contribution >= 4 is 23.3 Å². The number of carbonyl (C=O) groups excluding carboxylic acids is 2. The number of methoxy groups -OCH3 is 1. The van der Waals surface area contributed by atoms with Crippen LogP contribution in [0.25, 0.3) is 5.76 Å². The number of amides is 1. The minimum Gasteiger partial charge on any atom is -0.507 e. The number of carbonyl (C=O) groups is 2. The maximum Gasteiger partial charge on any atom is 0.301 e. The van der Waals surface area contributed by atoms with Crippen molar-refractivity contribution in [1.82, 2.24) is 5.16 Å². The van der Waals surface area contributed by atoms with Crippen LogP contribution in [-0.2, 0) is 9.59 Å². The highest BCUT2D eigenvalue weighted by Crippen LogP contribution is 2.42. The number of aromatic nitrogens is 1. The predicted molar refractivity (Wildman–Crippen MR) is 110 cm³/mol. The summed E-state index contributed by atoms with van der Waals surface area (Å²) < 4.78 is 10.3. The van der Waals surface area contributed by atoms with Gasteiger partial charge in [-0.25, -0.2) is 0 Å². The molecule has 0 bridgehead atoms. The lowest BCUT2D eigenvalue weighted by molar-refractivity contribution is -0.132. The summed E-state index contributed by atoms with van der Waals surface area (Å²) in [6.45, 7) is 3.64. The van der Waals surface area contributed by atoms with Crippen LogP contribution in [0.2, 0.25) is 0 Å². The van der Waals surface area contributed by atoms with E-state index in [2.05, 4.69) is 5.16 Å². The second kappa shape index (κ2) is 7.51. The number of aliphatic hydroxyl groups excluding tert-OH is 1. The Kier molecular flexibility index (Phi) is 4.87. The summed E-state index contributed by atoms with van der Waals surface area (Å²) in [6.07, 6.45) is 0. The molecule has 152 valence electrons. The summed E-state index contributed by atoms with van der Waals surface area (Å²) in [5.41, 5.74) is 2.11. The number of rotatable bonds is 4. The highest BCUT2D eigenvalue weighted by molar-refractivity contribution is 6.51. The van der Waals surface area contributed by atoms with Crippen LogP contribution in [0.3, 0.4) is 0 Å². The number of aliphatic hydroxyl groups is 1. The Morgan fingerprint density at radius 3 is 2.30 bits per heavy atom. The molecule has 2 heterocycles. The fraction of sp³-hybridized carbons (Fsp3) is 0.174. The summed E-state index contributed by atoms with van der Waals surface area (Å²) in [7, 11) is 1.54. The van der Waals surface area contributed by atoms with Gasteiger partial charge in [-0.2, -0.15) is 0 Å². The summed E-state index contributed by atoms with van der Waals surface area (Å²) >= 11 is 0. The molecular weight excluding hydrogens is 384 g/mol. The van der Waals surface area contributed by atoms with Crippen molar-refractivity contribution in [2.24, 2.45) is 0 Å². The molecule has 0 aliphatic carbocycles. The van der Waals surface area contributed by atoms with E-state index < -0.39 is 17.7 Å². The standard InChI is InChI=1S/C23H20N2O5/c1-13-4-6-15(7-5-13)20-19(21(26)16-8-10-17(29-3)11-9-16)22(27)23(28)25(20)18-12-14(2)30-24-18/h4-12,20,26H,1-3H3/t20-/m1/s1. The Labute approximate surface area is 173 Å². The zero-order chi connectivity index (χ0) is 21.4. The van der Waals surface area contributed by atoms with Crippen molar-refractivity contribution in [3.8, 4) is 5.75 Å². The molecule has 1 aromatic heterocycles. The average molecular weight is 404 g/mol. The number of benzene rings is 2. The van der Waals surface area contributed by atoms with Gasteiger partial charge in [-0.15, -0.1) is 0 Å². The van der Waals surface area contributed by atoms with E-state index in [-0.39, 0.29) is 17.2 Å². The molecular formula is C23H20N2O5. The van der Waals surface area contributed by atoms with Crippen molar-refractivity contribution in [3.63, 3.8) is 0 Å². The number of ketones is 1. The second-order valence-corrected chi connectivity index (χ2v) is 7.10. The van der Waals surface area contributed by atoms with Gasteiger partial charge in [-0.1, -0.05) is 35.0 Å². The van der Waals surface area contributed by atoms with Gasteiger partial charge in [0, 0.05) is 11.6 Å². The second-order valence-electron chi connectivity index (χ2n) is 7.10. The number of hydrogen-bond donors (Lipinski definition) is 1. The topological polar surface area (TPSA) is 92.9 Å². The molecule has 1 amide bonds. The van der Waals surface area contributed by atoms with Crippen molar-refractivity contribution < 1.29 is 24.0 Å². The van der Waals surface area contributed by atoms with Crippen molar-refractivity contribution in [2.45, 2.75) is 19.9 Å². The third-order valence-corrected chi connectivity index (χ3v) is 5.06. The summed E-state index contributed by atoms with van der Waals surface area (Å²) in [5, 5.41) is 14.9. The van der Waals surface area contributed by atoms with Crippen LogP contribution < -0.4 is 9.64 Å². The monoisotopic (exact) mass is 404 g/mol. The zero-order valence-electron chi connectivity index (χ0n) is 16.7. The molecule has 0 saturated carbocycles. The molecule has 1 N–H and O–H groups in total. The van der Waals surface area contributed by atoms with Crippen LogP contribution >= 0.6 is 0 Å². The first-order valence-electron chi connectivity index (χ1n) is 9.36. The van der Waals surface area contributed by atoms with Crippen molar-refractivity contribution in [2.75, 3.05) is 12.0 Å². The van der Waals surface area contributed by atoms with Crippen molar-refractivity contribution in [1.29, 1.82) is 0 Å². The van der Waals surface area contributed by atoms with E-state index in [1.54, 1.807) is 37.3 Å². The summed E-state index contributed by atoms with van der Waals surface area (Å²) in [6, 6.07) is 14.8. The van der Waals surface area contributed by atoms with E-state index in [0.717, 1.165) is 5.56 Å². The summed E-state index contributed by atoms with van der Waals surface area (Å²) in [5.74, 6) is -0.485. The first kappa shape index (κ1) is 19.4. The fourth-order valence-corrected chi connectivity index (χ4v) is 3.50. The minimum atomic E-state index is -0.836. The first-order valence-corrected chi connectivity index (χ1v) is 9.36. The van der Waals surface area contributed by atoms with E-state index in [9.17, 15) is 14.7 Å². The minimum absolute atomic E-state index is 0.00493. The van der Waals surface area contributed by atoms with Crippen LogP contribution in [0, 0.1) is 13.8 Å². The van der Waals surface area contributed by atoms with Crippen LogP contribution in [0.5, 0.6) is 5.75 Å². The molecule has 1 saturated heterocycles. The molecule has 2 aromatic carbocycles. The van der Waals surface area contributed by atoms with Gasteiger partial charge in [0.05, 0.1) is 18.7 Å². The molecule has 1 atom stereocenters. The van der Waals surface area contributed by atoms with Gasteiger partial charge in [-0.05, 0) is 43.7 Å². The Bertz CT molecular complexity index is 1140. The molecule has 4 rings (SSSR count). The molecule has 0 unspecified atom stereocenters. The summed E-state index contributed by atoms with van der Waals surface area (Å²) in [4.78, 5) is 27.2. The normalized spacial score (nSPS) is 18.1. The van der Waals surface area contributed by atoms with Crippen molar-refractivity contribution in [3.05, 3.63) is 82.6 Å². The zero-order valence-corrected chi connectivity index (χ0v) is 16.7. The molecule has 7 nitrogen and oxygen atoms in total. The lowest BCUT2D eigenvalue weighted by Crippen LogP contribution is -2.29. The van der Waals surface area contributed by atoms with E-state index in [4.69, 9.17) is 9.26 Å². The average Bonchev–Trinajstić information content (AvgIpc) is 3.29. The third kappa shape index (κ3) is 3.24. The Morgan fingerprint density at radius 2 is 1.73 bits per heavy atom. The number of hydrogen-bond acceptors (Lipinski definition) is 6. The number of ether oxygens (including phenoxy) is 1. The SMILES string of the molecule is COc1ccc(C(O)=C2C(=O)C(=O)N(c3cc(C)on3)[C@@H]2c2ccc(C)cc2)cc1. The first-order chi connectivity index (χ1) is 14.4. The van der Waals surface area contributed by atoms with Gasteiger partial charge in [0.2, 0.25) is 0 Å². The number of Topliss-reactive ketones (excluding diaryl/α,β-unsaturated/α-hetero) is 1. The number of nitrogens with zero attached hydrogens (tertiary/aromatic N) is 2. The quantitative estimate of drug-likeness (QED) is 0.402. The van der Waals surface area contributed by atoms with Gasteiger partial charge in [-0.3, -0.25) is 14.5 Å². The van der Waals surface area contributed by atoms with Gasteiger partial charge in [0.15, 0.2) is 5.82 Å². The lowest BCUT2D eigenvalue weighted by Gasteiger charge is -2.23. The van der Waals surface area contributed by atoms with Crippen LogP contribution in [-0.4, -0.2) is 29.1 Å². The molecule has 0 spiro atoms. The van der Waals surface area contributed by atoms with Crippen LogP contribution in [0.4, 0.5) is 5.82 Å². The van der Waals surface area contributed by atoms with E-state index in [1.165, 1.54) is 12.0 Å². The number of aryl methyl sites for hydroxylation is 2. The molecule has 30 heavy (non-hydrogen) atoms. The third-order valence-electron chi connectivity index (χ3n) is 5.06. The van der Waals surface area contributed by atoms with E-state index in [1.807, 2.05) is 31.2 Å². The van der Waals surface area contributed by atoms with Gasteiger partial charge < -0.3 is 14.4 Å². The Hall–Kier alpha value is -3.87. The fourth-order valence-electron chi connectivity index (χ4n) is 3.50. The van der Waals surface area contributed by atoms with Crippen LogP contribution in [0.15, 0.2) is 64.7 Å². The van der Waals surface area contributed by atoms with Gasteiger partial charge in [0.25, 0.3) is 5.78 Å². The Morgan fingerprint density at radius 1 is 1.07 bits per heavy atom. The Balaban J connectivity index is 1.91. The van der Waals surface area contributed by atoms with Gasteiger partial charge in [0.1, 0.15) is 17.3 Å². The largest absolute Gasteiger partial charge is 0.507 e. The lowest BCUT2D eigenvalue weighted by atomic mass is 9.94. The van der Waals surface area contributed by atoms with E-state index >= 15 is 0 Å². The maximum absolute atomic E-state index is 13.0.